The van der Waals surface area contributed by atoms with E-state index >= 15 is 0 Å². The van der Waals surface area contributed by atoms with E-state index in [0.717, 1.165) is 68.9 Å². The van der Waals surface area contributed by atoms with Gasteiger partial charge in [0.15, 0.2) is 5.96 Å². The molecule has 3 heterocycles. The van der Waals surface area contributed by atoms with Gasteiger partial charge in [-0.2, -0.15) is 0 Å². The summed E-state index contributed by atoms with van der Waals surface area (Å²) in [4.78, 5) is 17.1. The third-order valence-corrected chi connectivity index (χ3v) is 6.70. The van der Waals surface area contributed by atoms with E-state index < -0.39 is 0 Å². The molecule has 0 radical (unpaired) electrons. The Kier molecular flexibility index (Phi) is 10.5. The first-order valence-corrected chi connectivity index (χ1v) is 11.4. The molecule has 0 saturated carbocycles. The summed E-state index contributed by atoms with van der Waals surface area (Å²) in [6.07, 6.45) is 6.35. The van der Waals surface area contributed by atoms with Gasteiger partial charge in [-0.25, -0.2) is 9.97 Å². The molecular formula is C21H35IN6OS. The number of oxazole rings is 1. The van der Waals surface area contributed by atoms with Crippen molar-refractivity contribution in [2.24, 2.45) is 10.9 Å². The number of nitrogens with zero attached hydrogens (tertiary/aromatic N) is 4. The number of hydrogen-bond acceptors (Lipinski definition) is 6. The quantitative estimate of drug-likeness (QED) is 0.300. The fraction of sp³-hybridized carbons (Fsp3) is 0.667. The van der Waals surface area contributed by atoms with Crippen LogP contribution in [0.5, 0.6) is 0 Å². The van der Waals surface area contributed by atoms with Gasteiger partial charge in [0.05, 0.1) is 17.2 Å². The molecule has 0 aromatic carbocycles. The minimum Gasteiger partial charge on any atom is -0.444 e. The molecule has 0 unspecified atom stereocenters. The van der Waals surface area contributed by atoms with Crippen LogP contribution < -0.4 is 10.6 Å². The van der Waals surface area contributed by atoms with Crippen molar-refractivity contribution in [2.75, 3.05) is 33.2 Å². The van der Waals surface area contributed by atoms with Crippen molar-refractivity contribution in [1.82, 2.24) is 25.5 Å². The Morgan fingerprint density at radius 3 is 2.67 bits per heavy atom. The molecule has 0 spiro atoms. The zero-order chi connectivity index (χ0) is 20.6. The fourth-order valence-corrected chi connectivity index (χ4v) is 4.39. The van der Waals surface area contributed by atoms with Crippen LogP contribution in [0.25, 0.3) is 0 Å². The van der Waals surface area contributed by atoms with Gasteiger partial charge in [-0.15, -0.1) is 35.3 Å². The van der Waals surface area contributed by atoms with Crippen molar-refractivity contribution in [1.29, 1.82) is 0 Å². The highest BCUT2D eigenvalue weighted by molar-refractivity contribution is 14.0. The van der Waals surface area contributed by atoms with Crippen LogP contribution in [0, 0.1) is 19.8 Å². The number of thiazole rings is 1. The van der Waals surface area contributed by atoms with Crippen LogP contribution in [0.4, 0.5) is 0 Å². The minimum absolute atomic E-state index is 0. The second-order valence-corrected chi connectivity index (χ2v) is 8.87. The molecule has 1 fully saturated rings. The summed E-state index contributed by atoms with van der Waals surface area (Å²) in [6.45, 7) is 10.9. The maximum absolute atomic E-state index is 5.72. The second kappa shape index (κ2) is 12.6. The van der Waals surface area contributed by atoms with E-state index in [-0.39, 0.29) is 24.0 Å². The average Bonchev–Trinajstić information content (AvgIpc) is 3.31. The topological polar surface area (TPSA) is 78.6 Å². The molecule has 1 aliphatic rings. The number of likely N-dealkylation sites (tertiary alicyclic amines) is 1. The predicted octanol–water partition coefficient (Wildman–Crippen LogP) is 3.55. The lowest BCUT2D eigenvalue weighted by molar-refractivity contribution is 0.164. The lowest BCUT2D eigenvalue weighted by Gasteiger charge is -2.31. The Morgan fingerprint density at radius 2 is 2.07 bits per heavy atom. The lowest BCUT2D eigenvalue weighted by Crippen LogP contribution is -2.43. The number of nitrogens with one attached hydrogen (secondary N) is 2. The molecule has 0 aliphatic carbocycles. The van der Waals surface area contributed by atoms with Gasteiger partial charge in [-0.1, -0.05) is 6.92 Å². The van der Waals surface area contributed by atoms with Gasteiger partial charge >= 0.3 is 0 Å². The Hall–Kier alpha value is -1.20. The summed E-state index contributed by atoms with van der Waals surface area (Å²) in [7, 11) is 1.83. The van der Waals surface area contributed by atoms with Crippen LogP contribution in [0.15, 0.2) is 15.6 Å². The van der Waals surface area contributed by atoms with Crippen LogP contribution in [-0.4, -0.2) is 54.1 Å². The van der Waals surface area contributed by atoms with Crippen LogP contribution >= 0.6 is 35.3 Å². The van der Waals surface area contributed by atoms with Crippen LogP contribution in [0.1, 0.15) is 47.0 Å². The molecule has 0 atom stereocenters. The number of aryl methyl sites for hydroxylation is 3. The molecule has 0 bridgehead atoms. The number of hydrogen-bond donors (Lipinski definition) is 2. The Labute approximate surface area is 201 Å². The van der Waals surface area contributed by atoms with Crippen molar-refractivity contribution < 1.29 is 4.42 Å². The van der Waals surface area contributed by atoms with Crippen molar-refractivity contribution >= 4 is 41.3 Å². The van der Waals surface area contributed by atoms with Gasteiger partial charge in [-0.3, -0.25) is 9.89 Å². The van der Waals surface area contributed by atoms with Gasteiger partial charge in [-0.05, 0) is 52.1 Å². The van der Waals surface area contributed by atoms with Crippen molar-refractivity contribution in [3.63, 3.8) is 0 Å². The maximum atomic E-state index is 5.72. The molecule has 2 N–H and O–H groups in total. The summed E-state index contributed by atoms with van der Waals surface area (Å²) in [5.41, 5.74) is 0.999. The number of rotatable bonds is 8. The molecule has 168 valence electrons. The molecular weight excluding hydrogens is 511 g/mol. The summed E-state index contributed by atoms with van der Waals surface area (Å²) in [5, 5.41) is 8.09. The Balaban J connectivity index is 0.00000320. The zero-order valence-electron chi connectivity index (χ0n) is 18.5. The third-order valence-electron chi connectivity index (χ3n) is 5.50. The van der Waals surface area contributed by atoms with Gasteiger partial charge in [0.1, 0.15) is 5.76 Å². The van der Waals surface area contributed by atoms with E-state index in [2.05, 4.69) is 37.4 Å². The fourth-order valence-electron chi connectivity index (χ4n) is 3.52. The highest BCUT2D eigenvalue weighted by Gasteiger charge is 2.21. The van der Waals surface area contributed by atoms with Crippen LogP contribution in [-0.2, 0) is 19.4 Å². The van der Waals surface area contributed by atoms with Gasteiger partial charge in [0, 0.05) is 37.6 Å². The number of piperidine rings is 1. The summed E-state index contributed by atoms with van der Waals surface area (Å²) < 4.78 is 5.72. The van der Waals surface area contributed by atoms with Crippen molar-refractivity contribution in [3.8, 4) is 0 Å². The van der Waals surface area contributed by atoms with E-state index in [1.165, 1.54) is 22.7 Å². The zero-order valence-corrected chi connectivity index (χ0v) is 21.7. The largest absolute Gasteiger partial charge is 0.444 e. The molecule has 0 amide bonds. The van der Waals surface area contributed by atoms with Gasteiger partial charge in [0.2, 0.25) is 5.89 Å². The van der Waals surface area contributed by atoms with E-state index in [0.29, 0.717) is 5.92 Å². The number of guanidine groups is 1. The molecule has 1 saturated heterocycles. The lowest BCUT2D eigenvalue weighted by atomic mass is 9.97. The molecule has 7 nitrogen and oxygen atoms in total. The van der Waals surface area contributed by atoms with E-state index in [1.807, 2.05) is 27.1 Å². The Bertz CT molecular complexity index is 778. The first-order chi connectivity index (χ1) is 14.1. The first kappa shape index (κ1) is 25.1. The number of halogens is 1. The van der Waals surface area contributed by atoms with E-state index in [9.17, 15) is 0 Å². The minimum atomic E-state index is 0. The number of aromatic nitrogens is 2. The smallest absolute Gasteiger partial charge is 0.208 e. The maximum Gasteiger partial charge on any atom is 0.208 e. The monoisotopic (exact) mass is 546 g/mol. The summed E-state index contributed by atoms with van der Waals surface area (Å²) >= 11 is 1.80. The van der Waals surface area contributed by atoms with Gasteiger partial charge in [0.25, 0.3) is 0 Å². The summed E-state index contributed by atoms with van der Waals surface area (Å²) in [6, 6.07) is 0. The Morgan fingerprint density at radius 1 is 1.30 bits per heavy atom. The van der Waals surface area contributed by atoms with Crippen molar-refractivity contribution in [3.05, 3.63) is 33.4 Å². The molecule has 2 aromatic rings. The predicted molar refractivity (Wildman–Crippen MR) is 134 cm³/mol. The van der Waals surface area contributed by atoms with Gasteiger partial charge < -0.3 is 15.1 Å². The molecule has 30 heavy (non-hydrogen) atoms. The average molecular weight is 547 g/mol. The standard InChI is InChI=1S/C21H34N6OS.HI/c1-5-18-13-24-20(29-18)6-9-23-21(22-4)25-12-17-7-10-27(11-8-17)14-19-26-15(2)16(3)28-19;/h13,17H,5-12,14H2,1-4H3,(H2,22,23,25);1H. The number of aliphatic imine (C=N–C) groups is 1. The first-order valence-electron chi connectivity index (χ1n) is 10.6. The normalized spacial score (nSPS) is 15.8. The highest BCUT2D eigenvalue weighted by Crippen LogP contribution is 2.19. The second-order valence-electron chi connectivity index (χ2n) is 7.67. The molecule has 2 aromatic heterocycles. The van der Waals surface area contributed by atoms with Crippen molar-refractivity contribution in [2.45, 2.75) is 53.0 Å². The van der Waals surface area contributed by atoms with Crippen LogP contribution in [0.2, 0.25) is 0 Å². The molecule has 1 aliphatic heterocycles. The van der Waals surface area contributed by atoms with E-state index in [1.54, 1.807) is 11.3 Å². The molecule has 9 heteroatoms. The highest BCUT2D eigenvalue weighted by atomic mass is 127. The van der Waals surface area contributed by atoms with E-state index in [4.69, 9.17) is 4.42 Å². The SMILES string of the molecule is CCc1cnc(CCNC(=NC)NCC2CCN(Cc3nc(C)c(C)o3)CC2)s1.I. The molecule has 3 rings (SSSR count). The van der Waals surface area contributed by atoms with Crippen LogP contribution in [0.3, 0.4) is 0 Å². The third kappa shape index (κ3) is 7.49. The summed E-state index contributed by atoms with van der Waals surface area (Å²) in [5.74, 6) is 3.32.